The molecule has 0 fully saturated rings. The lowest BCUT2D eigenvalue weighted by Crippen LogP contribution is -2.16. The molecule has 2 aromatic carbocycles. The molecule has 4 N–H and O–H groups in total. The molecule has 4 aromatic rings. The van der Waals surface area contributed by atoms with Gasteiger partial charge in [0.15, 0.2) is 17.2 Å². The maximum absolute atomic E-state index is 12.7. The number of aryl methyl sites for hydroxylation is 1. The number of amides is 1. The molecule has 2 heterocycles. The SMILES string of the molecule is COc1ccc(-n2c(=O)[nH]c3c(C(N)=O)nc(-c4cccc(O)c4)nc32)c(C)c1. The number of aromatic nitrogens is 4. The van der Waals surface area contributed by atoms with Crippen LogP contribution in [0.15, 0.2) is 47.3 Å². The number of nitrogens with two attached hydrogens (primary N) is 1. The molecular formula is C20H17N5O4. The van der Waals surface area contributed by atoms with E-state index in [1.165, 1.54) is 16.7 Å². The maximum Gasteiger partial charge on any atom is 0.332 e. The van der Waals surface area contributed by atoms with Crippen molar-refractivity contribution < 1.29 is 14.6 Å². The van der Waals surface area contributed by atoms with Crippen LogP contribution in [0, 0.1) is 6.92 Å². The molecule has 1 amide bonds. The molecule has 0 saturated heterocycles. The number of phenols is 1. The molecule has 0 aliphatic heterocycles. The van der Waals surface area contributed by atoms with E-state index in [4.69, 9.17) is 10.5 Å². The second-order valence-electron chi connectivity index (χ2n) is 6.43. The van der Waals surface area contributed by atoms with E-state index in [9.17, 15) is 14.7 Å². The van der Waals surface area contributed by atoms with E-state index in [0.29, 0.717) is 17.0 Å². The number of carbonyl (C=O) groups excluding carboxylic acids is 1. The molecule has 2 aromatic heterocycles. The summed E-state index contributed by atoms with van der Waals surface area (Å²) >= 11 is 0. The molecule has 0 atom stereocenters. The van der Waals surface area contributed by atoms with Gasteiger partial charge < -0.3 is 20.6 Å². The molecule has 29 heavy (non-hydrogen) atoms. The summed E-state index contributed by atoms with van der Waals surface area (Å²) in [6.07, 6.45) is 0. The van der Waals surface area contributed by atoms with Gasteiger partial charge in [0.25, 0.3) is 5.91 Å². The number of hydrogen-bond donors (Lipinski definition) is 3. The summed E-state index contributed by atoms with van der Waals surface area (Å²) in [5, 5.41) is 9.77. The van der Waals surface area contributed by atoms with Crippen molar-refractivity contribution in [1.82, 2.24) is 19.5 Å². The highest BCUT2D eigenvalue weighted by Crippen LogP contribution is 2.26. The number of phenolic OH excluding ortho intramolecular Hbond substituents is 1. The summed E-state index contributed by atoms with van der Waals surface area (Å²) in [7, 11) is 1.56. The van der Waals surface area contributed by atoms with Crippen LogP contribution in [-0.4, -0.2) is 37.6 Å². The number of hydrogen-bond acceptors (Lipinski definition) is 6. The third kappa shape index (κ3) is 3.08. The third-order valence-electron chi connectivity index (χ3n) is 4.52. The van der Waals surface area contributed by atoms with Crippen LogP contribution < -0.4 is 16.2 Å². The van der Waals surface area contributed by atoms with Gasteiger partial charge in [-0.2, -0.15) is 0 Å². The van der Waals surface area contributed by atoms with Crippen molar-refractivity contribution in [2.45, 2.75) is 6.92 Å². The summed E-state index contributed by atoms with van der Waals surface area (Å²) in [6.45, 7) is 1.83. The van der Waals surface area contributed by atoms with E-state index in [1.54, 1.807) is 37.4 Å². The predicted molar refractivity (Wildman–Crippen MR) is 106 cm³/mol. The molecule has 146 valence electrons. The average molecular weight is 391 g/mol. The number of carbonyl (C=O) groups is 1. The van der Waals surface area contributed by atoms with Gasteiger partial charge >= 0.3 is 5.69 Å². The molecule has 9 nitrogen and oxygen atoms in total. The first-order valence-electron chi connectivity index (χ1n) is 8.66. The molecule has 0 saturated carbocycles. The first kappa shape index (κ1) is 18.2. The van der Waals surface area contributed by atoms with E-state index in [0.717, 1.165) is 5.56 Å². The van der Waals surface area contributed by atoms with Gasteiger partial charge in [0, 0.05) is 5.56 Å². The average Bonchev–Trinajstić information content (AvgIpc) is 3.02. The van der Waals surface area contributed by atoms with Crippen molar-refractivity contribution in [3.63, 3.8) is 0 Å². The van der Waals surface area contributed by atoms with Crippen LogP contribution in [0.25, 0.3) is 28.2 Å². The first-order valence-corrected chi connectivity index (χ1v) is 8.66. The molecule has 0 aliphatic rings. The highest BCUT2D eigenvalue weighted by atomic mass is 16.5. The standard InChI is InChI=1S/C20H17N5O4/c1-10-8-13(29-2)6-7-14(10)25-19-16(23-20(25)28)15(17(21)27)22-18(24-19)11-4-3-5-12(26)9-11/h3-9,26H,1-2H3,(H2,21,27)(H,23,28). The fourth-order valence-electron chi connectivity index (χ4n) is 3.17. The Labute approximate surface area is 164 Å². The molecule has 0 bridgehead atoms. The van der Waals surface area contributed by atoms with Gasteiger partial charge in [-0.3, -0.25) is 4.79 Å². The van der Waals surface area contributed by atoms with E-state index in [2.05, 4.69) is 15.0 Å². The predicted octanol–water partition coefficient (Wildman–Crippen LogP) is 1.90. The van der Waals surface area contributed by atoms with E-state index in [-0.39, 0.29) is 28.4 Å². The second kappa shape index (κ2) is 6.79. The Balaban J connectivity index is 2.05. The number of methoxy groups -OCH3 is 1. The van der Waals surface area contributed by atoms with Gasteiger partial charge in [-0.15, -0.1) is 0 Å². The van der Waals surface area contributed by atoms with Gasteiger partial charge in [-0.1, -0.05) is 12.1 Å². The molecule has 9 heteroatoms. The Morgan fingerprint density at radius 1 is 1.21 bits per heavy atom. The zero-order valence-corrected chi connectivity index (χ0v) is 15.6. The van der Waals surface area contributed by atoms with Gasteiger partial charge in [0.2, 0.25) is 0 Å². The van der Waals surface area contributed by atoms with Crippen LogP contribution in [0.5, 0.6) is 11.5 Å². The van der Waals surface area contributed by atoms with Gasteiger partial charge in [-0.05, 0) is 42.8 Å². The van der Waals surface area contributed by atoms with Crippen LogP contribution >= 0.6 is 0 Å². The summed E-state index contributed by atoms with van der Waals surface area (Å²) < 4.78 is 6.57. The van der Waals surface area contributed by atoms with Crippen LogP contribution in [0.2, 0.25) is 0 Å². The molecular weight excluding hydrogens is 374 g/mol. The number of nitrogens with one attached hydrogen (secondary N) is 1. The Morgan fingerprint density at radius 2 is 2.00 bits per heavy atom. The summed E-state index contributed by atoms with van der Waals surface area (Å²) in [5.41, 5.74) is 7.04. The Morgan fingerprint density at radius 3 is 2.66 bits per heavy atom. The van der Waals surface area contributed by atoms with Crippen molar-refractivity contribution in [3.8, 4) is 28.6 Å². The number of fused-ring (bicyclic) bond motifs is 1. The minimum atomic E-state index is -0.807. The van der Waals surface area contributed by atoms with Gasteiger partial charge in [-0.25, -0.2) is 19.3 Å². The number of ether oxygens (including phenoxy) is 1. The largest absolute Gasteiger partial charge is 0.508 e. The lowest BCUT2D eigenvalue weighted by Gasteiger charge is -2.10. The van der Waals surface area contributed by atoms with E-state index in [1.807, 2.05) is 6.92 Å². The summed E-state index contributed by atoms with van der Waals surface area (Å²) in [6, 6.07) is 11.5. The number of benzene rings is 2. The van der Waals surface area contributed by atoms with Crippen LogP contribution in [0.3, 0.4) is 0 Å². The number of nitrogens with zero attached hydrogens (tertiary/aromatic N) is 3. The van der Waals surface area contributed by atoms with Crippen molar-refractivity contribution in [1.29, 1.82) is 0 Å². The molecule has 0 radical (unpaired) electrons. The van der Waals surface area contributed by atoms with Gasteiger partial charge in [0.05, 0.1) is 12.8 Å². The normalized spacial score (nSPS) is 11.0. The molecule has 0 spiro atoms. The summed E-state index contributed by atoms with van der Waals surface area (Å²) in [5.74, 6) is 0.0103. The third-order valence-corrected chi connectivity index (χ3v) is 4.52. The van der Waals surface area contributed by atoms with Crippen LogP contribution in [0.1, 0.15) is 16.1 Å². The minimum absolute atomic E-state index is 0.0179. The van der Waals surface area contributed by atoms with E-state index < -0.39 is 11.6 Å². The number of imidazole rings is 1. The van der Waals surface area contributed by atoms with Crippen molar-refractivity contribution >= 4 is 17.1 Å². The second-order valence-corrected chi connectivity index (χ2v) is 6.43. The van der Waals surface area contributed by atoms with E-state index >= 15 is 0 Å². The molecule has 0 aliphatic carbocycles. The quantitative estimate of drug-likeness (QED) is 0.486. The topological polar surface area (TPSA) is 136 Å². The minimum Gasteiger partial charge on any atom is -0.508 e. The summed E-state index contributed by atoms with van der Waals surface area (Å²) in [4.78, 5) is 36.1. The number of primary amides is 1. The monoisotopic (exact) mass is 391 g/mol. The molecule has 0 unspecified atom stereocenters. The Bertz CT molecular complexity index is 1320. The van der Waals surface area contributed by atoms with Crippen molar-refractivity contribution in [2.75, 3.05) is 7.11 Å². The Hall–Kier alpha value is -4.14. The van der Waals surface area contributed by atoms with Crippen molar-refractivity contribution in [2.24, 2.45) is 5.73 Å². The highest BCUT2D eigenvalue weighted by Gasteiger charge is 2.21. The zero-order chi connectivity index (χ0) is 20.7. The smallest absolute Gasteiger partial charge is 0.332 e. The fourth-order valence-corrected chi connectivity index (χ4v) is 3.17. The Kier molecular flexibility index (Phi) is 4.27. The van der Waals surface area contributed by atoms with Crippen molar-refractivity contribution in [3.05, 3.63) is 64.2 Å². The molecule has 4 rings (SSSR count). The number of H-pyrrole nitrogens is 1. The van der Waals surface area contributed by atoms with Gasteiger partial charge in [0.1, 0.15) is 17.0 Å². The maximum atomic E-state index is 12.7. The lowest BCUT2D eigenvalue weighted by molar-refractivity contribution is 0.0997. The van der Waals surface area contributed by atoms with Crippen LogP contribution in [-0.2, 0) is 0 Å². The lowest BCUT2D eigenvalue weighted by atomic mass is 10.2. The highest BCUT2D eigenvalue weighted by molar-refractivity contribution is 6.02. The first-order chi connectivity index (χ1) is 13.9. The van der Waals surface area contributed by atoms with Crippen LogP contribution in [0.4, 0.5) is 0 Å². The number of aromatic hydroxyl groups is 1. The number of rotatable bonds is 4. The zero-order valence-electron chi connectivity index (χ0n) is 15.6. The number of aromatic amines is 1. The fraction of sp³-hybridized carbons (Fsp3) is 0.100.